The van der Waals surface area contributed by atoms with Gasteiger partial charge in [0.2, 0.25) is 0 Å². The summed E-state index contributed by atoms with van der Waals surface area (Å²) in [7, 11) is 1.83. The van der Waals surface area contributed by atoms with E-state index in [4.69, 9.17) is 0 Å². The Hall–Kier alpha value is -1.12. The van der Waals surface area contributed by atoms with E-state index in [0.29, 0.717) is 12.1 Å². The second-order valence-corrected chi connectivity index (χ2v) is 3.78. The van der Waals surface area contributed by atoms with Gasteiger partial charge in [0.05, 0.1) is 0 Å². The molecule has 0 aliphatic heterocycles. The summed E-state index contributed by atoms with van der Waals surface area (Å²) in [4.78, 5) is 11.5. The Labute approximate surface area is 77.7 Å². The van der Waals surface area contributed by atoms with Gasteiger partial charge in [0.1, 0.15) is 5.69 Å². The van der Waals surface area contributed by atoms with Crippen LogP contribution in [0.25, 0.3) is 0 Å². The van der Waals surface area contributed by atoms with E-state index in [0.717, 1.165) is 12.3 Å². The topological polar surface area (TPSA) is 34.9 Å². The molecule has 0 unspecified atom stereocenters. The summed E-state index contributed by atoms with van der Waals surface area (Å²) in [5.74, 6) is 1.01. The quantitative estimate of drug-likeness (QED) is 0.659. The lowest BCUT2D eigenvalue weighted by atomic mass is 10.1. The van der Waals surface area contributed by atoms with Crippen molar-refractivity contribution in [2.24, 2.45) is 13.0 Å². The molecule has 1 fully saturated rings. The lowest BCUT2D eigenvalue weighted by Gasteiger charge is -1.94. The van der Waals surface area contributed by atoms with E-state index in [1.54, 1.807) is 10.7 Å². The first-order valence-electron chi connectivity index (χ1n) is 4.78. The van der Waals surface area contributed by atoms with Gasteiger partial charge in [-0.15, -0.1) is 0 Å². The number of hydrogen-bond donors (Lipinski definition) is 0. The van der Waals surface area contributed by atoms with E-state index < -0.39 is 0 Å². The van der Waals surface area contributed by atoms with Crippen LogP contribution in [0.5, 0.6) is 0 Å². The van der Waals surface area contributed by atoms with E-state index >= 15 is 0 Å². The number of aryl methyl sites for hydroxylation is 1. The minimum atomic E-state index is 0.188. The molecule has 0 saturated heterocycles. The summed E-state index contributed by atoms with van der Waals surface area (Å²) in [6.07, 6.45) is 6.16. The number of carbonyl (C=O) groups is 1. The molecule has 0 amide bonds. The minimum Gasteiger partial charge on any atom is -0.292 e. The first-order chi connectivity index (χ1) is 6.25. The van der Waals surface area contributed by atoms with E-state index in [-0.39, 0.29) is 5.78 Å². The second-order valence-electron chi connectivity index (χ2n) is 3.78. The van der Waals surface area contributed by atoms with Gasteiger partial charge in [-0.1, -0.05) is 12.8 Å². The van der Waals surface area contributed by atoms with Crippen molar-refractivity contribution in [3.8, 4) is 0 Å². The fourth-order valence-electron chi connectivity index (χ4n) is 1.43. The summed E-state index contributed by atoms with van der Waals surface area (Å²) >= 11 is 0. The zero-order valence-corrected chi connectivity index (χ0v) is 7.86. The van der Waals surface area contributed by atoms with Crippen LogP contribution in [0.1, 0.15) is 36.2 Å². The molecule has 1 aliphatic carbocycles. The monoisotopic (exact) mass is 178 g/mol. The highest BCUT2D eigenvalue weighted by Crippen LogP contribution is 2.33. The van der Waals surface area contributed by atoms with Crippen LogP contribution in [0, 0.1) is 5.92 Å². The van der Waals surface area contributed by atoms with Crippen molar-refractivity contribution in [1.82, 2.24) is 9.78 Å². The van der Waals surface area contributed by atoms with Gasteiger partial charge in [-0.25, -0.2) is 0 Å². The average molecular weight is 178 g/mol. The standard InChI is InChI=1S/C10H14N2O/c1-12-7-6-9(11-12)10(13)5-4-8-2-3-8/h6-8H,2-5H2,1H3. The minimum absolute atomic E-state index is 0.188. The van der Waals surface area contributed by atoms with Crippen LogP contribution >= 0.6 is 0 Å². The van der Waals surface area contributed by atoms with Gasteiger partial charge in [-0.2, -0.15) is 5.10 Å². The van der Waals surface area contributed by atoms with Gasteiger partial charge in [0.15, 0.2) is 5.78 Å². The molecule has 0 aromatic carbocycles. The van der Waals surface area contributed by atoms with Crippen LogP contribution in [0.3, 0.4) is 0 Å². The van der Waals surface area contributed by atoms with Gasteiger partial charge >= 0.3 is 0 Å². The van der Waals surface area contributed by atoms with Crippen LogP contribution in [-0.2, 0) is 7.05 Å². The maximum atomic E-state index is 11.5. The Kier molecular flexibility index (Phi) is 2.17. The maximum absolute atomic E-state index is 11.5. The molecule has 2 rings (SSSR count). The van der Waals surface area contributed by atoms with Crippen molar-refractivity contribution in [1.29, 1.82) is 0 Å². The van der Waals surface area contributed by atoms with Crippen LogP contribution in [0.15, 0.2) is 12.3 Å². The molecule has 1 aliphatic rings. The Morgan fingerprint density at radius 1 is 1.69 bits per heavy atom. The molecular weight excluding hydrogens is 164 g/mol. The molecule has 0 N–H and O–H groups in total. The summed E-state index contributed by atoms with van der Waals surface area (Å²) in [6, 6.07) is 1.79. The number of Topliss-reactive ketones (excluding diaryl/α,β-unsaturated/α-hetero) is 1. The van der Waals surface area contributed by atoms with Crippen molar-refractivity contribution in [3.05, 3.63) is 18.0 Å². The van der Waals surface area contributed by atoms with Crippen LogP contribution in [-0.4, -0.2) is 15.6 Å². The second kappa shape index (κ2) is 3.32. The van der Waals surface area contributed by atoms with Crippen LogP contribution in [0.2, 0.25) is 0 Å². The van der Waals surface area contributed by atoms with Gasteiger partial charge < -0.3 is 0 Å². The first kappa shape index (κ1) is 8.48. The lowest BCUT2D eigenvalue weighted by Crippen LogP contribution is -2.01. The van der Waals surface area contributed by atoms with Gasteiger partial charge in [0.25, 0.3) is 0 Å². The molecule has 1 aromatic rings. The molecule has 1 heterocycles. The van der Waals surface area contributed by atoms with Gasteiger partial charge in [-0.05, 0) is 18.4 Å². The van der Waals surface area contributed by atoms with Crippen molar-refractivity contribution < 1.29 is 4.79 Å². The molecule has 0 atom stereocenters. The molecule has 0 spiro atoms. The Balaban J connectivity index is 1.88. The van der Waals surface area contributed by atoms with E-state index in [9.17, 15) is 4.79 Å². The van der Waals surface area contributed by atoms with Crippen molar-refractivity contribution in [2.75, 3.05) is 0 Å². The number of rotatable bonds is 4. The lowest BCUT2D eigenvalue weighted by molar-refractivity contribution is 0.0972. The third kappa shape index (κ3) is 2.17. The van der Waals surface area contributed by atoms with Gasteiger partial charge in [0, 0.05) is 19.7 Å². The molecule has 13 heavy (non-hydrogen) atoms. The molecule has 0 radical (unpaired) electrons. The number of ketones is 1. The SMILES string of the molecule is Cn1ccc(C(=O)CCC2CC2)n1. The molecule has 3 nitrogen and oxygen atoms in total. The Bertz CT molecular complexity index is 312. The summed E-state index contributed by atoms with van der Waals surface area (Å²) in [5.41, 5.74) is 0.614. The third-order valence-corrected chi connectivity index (χ3v) is 2.48. The van der Waals surface area contributed by atoms with E-state index in [1.807, 2.05) is 13.2 Å². The van der Waals surface area contributed by atoms with E-state index in [1.165, 1.54) is 12.8 Å². The Morgan fingerprint density at radius 3 is 3.00 bits per heavy atom. The highest BCUT2D eigenvalue weighted by atomic mass is 16.1. The fraction of sp³-hybridized carbons (Fsp3) is 0.600. The largest absolute Gasteiger partial charge is 0.292 e. The zero-order chi connectivity index (χ0) is 9.26. The summed E-state index contributed by atoms with van der Waals surface area (Å²) < 4.78 is 1.67. The number of aromatic nitrogens is 2. The molecule has 0 bridgehead atoms. The first-order valence-corrected chi connectivity index (χ1v) is 4.78. The molecule has 70 valence electrons. The van der Waals surface area contributed by atoms with Crippen molar-refractivity contribution >= 4 is 5.78 Å². The number of hydrogen-bond acceptors (Lipinski definition) is 2. The fourth-order valence-corrected chi connectivity index (χ4v) is 1.43. The molecule has 3 heteroatoms. The normalized spacial score (nSPS) is 16.1. The predicted molar refractivity (Wildman–Crippen MR) is 49.5 cm³/mol. The van der Waals surface area contributed by atoms with Crippen molar-refractivity contribution in [2.45, 2.75) is 25.7 Å². The van der Waals surface area contributed by atoms with Gasteiger partial charge in [-0.3, -0.25) is 9.48 Å². The summed E-state index contributed by atoms with van der Waals surface area (Å²) in [6.45, 7) is 0. The highest BCUT2D eigenvalue weighted by Gasteiger charge is 2.22. The number of nitrogens with zero attached hydrogens (tertiary/aromatic N) is 2. The summed E-state index contributed by atoms with van der Waals surface area (Å²) in [5, 5.41) is 4.08. The molecular formula is C10H14N2O. The smallest absolute Gasteiger partial charge is 0.183 e. The molecule has 1 aromatic heterocycles. The third-order valence-electron chi connectivity index (χ3n) is 2.48. The predicted octanol–water partition coefficient (Wildman–Crippen LogP) is 1.79. The Morgan fingerprint density at radius 2 is 2.46 bits per heavy atom. The highest BCUT2D eigenvalue weighted by molar-refractivity contribution is 5.94. The molecule has 1 saturated carbocycles. The van der Waals surface area contributed by atoms with Crippen LogP contribution in [0.4, 0.5) is 0 Å². The zero-order valence-electron chi connectivity index (χ0n) is 7.86. The van der Waals surface area contributed by atoms with Crippen molar-refractivity contribution in [3.63, 3.8) is 0 Å². The maximum Gasteiger partial charge on any atom is 0.183 e. The van der Waals surface area contributed by atoms with Crippen LogP contribution < -0.4 is 0 Å². The van der Waals surface area contributed by atoms with E-state index in [2.05, 4.69) is 5.10 Å². The number of carbonyl (C=O) groups excluding carboxylic acids is 1. The average Bonchev–Trinajstić information content (AvgIpc) is 2.84.